The highest BCUT2D eigenvalue weighted by Gasteiger charge is 2.20. The van der Waals surface area contributed by atoms with Crippen molar-refractivity contribution < 1.29 is 14.1 Å². The van der Waals surface area contributed by atoms with Crippen molar-refractivity contribution in [2.24, 2.45) is 0 Å². The zero-order valence-corrected chi connectivity index (χ0v) is 17.1. The van der Waals surface area contributed by atoms with Crippen LogP contribution in [0.25, 0.3) is 0 Å². The summed E-state index contributed by atoms with van der Waals surface area (Å²) in [6.45, 7) is 0. The summed E-state index contributed by atoms with van der Waals surface area (Å²) >= 11 is 3.21. The Labute approximate surface area is 178 Å². The molecule has 10 heteroatoms. The monoisotopic (exact) mass is 471 g/mol. The van der Waals surface area contributed by atoms with Crippen LogP contribution in [0.2, 0.25) is 0 Å². The van der Waals surface area contributed by atoms with E-state index in [1.165, 1.54) is 6.07 Å². The van der Waals surface area contributed by atoms with Gasteiger partial charge in [0.05, 0.1) is 11.3 Å². The van der Waals surface area contributed by atoms with Crippen molar-refractivity contribution in [2.75, 3.05) is 10.6 Å². The van der Waals surface area contributed by atoms with Crippen LogP contribution >= 0.6 is 15.9 Å². The predicted octanol–water partition coefficient (Wildman–Crippen LogP) is 4.31. The number of aryl methyl sites for hydroxylation is 2. The minimum absolute atomic E-state index is 0.0730. The normalized spacial score (nSPS) is 12.4. The average molecular weight is 472 g/mol. The molecule has 1 amide bonds. The molecule has 0 saturated heterocycles. The molecule has 3 aromatic rings. The highest BCUT2D eigenvalue weighted by Crippen LogP contribution is 2.28. The van der Waals surface area contributed by atoms with Crippen molar-refractivity contribution in [1.82, 2.24) is 9.97 Å². The summed E-state index contributed by atoms with van der Waals surface area (Å²) in [5.74, 6) is -0.277. The zero-order valence-electron chi connectivity index (χ0n) is 15.5. The van der Waals surface area contributed by atoms with Crippen molar-refractivity contribution in [3.8, 4) is 0 Å². The maximum absolute atomic E-state index is 14.1. The van der Waals surface area contributed by atoms with Crippen molar-refractivity contribution in [1.29, 1.82) is 0 Å². The Bertz CT molecular complexity index is 1170. The SMILES string of the molecule is O=C1Cc2cc(Nc3ncc([N+](=O)[O-])c(CCc4ccc(Br)cc4F)n3)ccc2N1. The topological polar surface area (TPSA) is 110 Å². The standard InChI is InChI=1S/C20H15BrFN5O3/c21-13-3-1-11(15(22)9-13)2-5-17-18(27(29)30)10-23-20(26-17)24-14-4-6-16-12(7-14)8-19(28)25-16/h1,3-4,6-7,9-10H,2,5,8H2,(H,25,28)(H,23,24,26). The number of nitro groups is 1. The summed E-state index contributed by atoms with van der Waals surface area (Å²) < 4.78 is 14.7. The molecule has 0 atom stereocenters. The van der Waals surface area contributed by atoms with E-state index >= 15 is 0 Å². The van der Waals surface area contributed by atoms with Gasteiger partial charge in [0.1, 0.15) is 17.7 Å². The van der Waals surface area contributed by atoms with Gasteiger partial charge >= 0.3 is 5.69 Å². The van der Waals surface area contributed by atoms with E-state index in [9.17, 15) is 19.3 Å². The van der Waals surface area contributed by atoms with Crippen LogP contribution in [-0.4, -0.2) is 20.8 Å². The van der Waals surface area contributed by atoms with Crippen LogP contribution in [0.3, 0.4) is 0 Å². The number of rotatable bonds is 6. The lowest BCUT2D eigenvalue weighted by Crippen LogP contribution is -2.06. The summed E-state index contributed by atoms with van der Waals surface area (Å²) in [5.41, 5.74) is 2.69. The second-order valence-corrected chi connectivity index (χ2v) is 7.66. The lowest BCUT2D eigenvalue weighted by atomic mass is 10.1. The Kier molecular flexibility index (Phi) is 5.40. The van der Waals surface area contributed by atoms with Crippen molar-refractivity contribution in [3.05, 3.63) is 79.8 Å². The molecule has 0 radical (unpaired) electrons. The number of aromatic nitrogens is 2. The maximum Gasteiger partial charge on any atom is 0.309 e. The molecule has 8 nitrogen and oxygen atoms in total. The Morgan fingerprint density at radius 2 is 2.07 bits per heavy atom. The molecule has 0 spiro atoms. The molecule has 0 aliphatic carbocycles. The van der Waals surface area contributed by atoms with Crippen LogP contribution in [-0.2, 0) is 24.1 Å². The minimum atomic E-state index is -0.552. The Morgan fingerprint density at radius 3 is 2.83 bits per heavy atom. The first kappa shape index (κ1) is 19.9. The third-order valence-corrected chi connectivity index (χ3v) is 5.17. The summed E-state index contributed by atoms with van der Waals surface area (Å²) in [7, 11) is 0. The largest absolute Gasteiger partial charge is 0.326 e. The van der Waals surface area contributed by atoms with Gasteiger partial charge in [-0.3, -0.25) is 14.9 Å². The third-order valence-electron chi connectivity index (χ3n) is 4.68. The van der Waals surface area contributed by atoms with Gasteiger partial charge in [0.25, 0.3) is 0 Å². The molecule has 2 aromatic carbocycles. The quantitative estimate of drug-likeness (QED) is 0.409. The number of benzene rings is 2. The second-order valence-electron chi connectivity index (χ2n) is 6.74. The molecule has 4 rings (SSSR count). The summed E-state index contributed by atoms with van der Waals surface area (Å²) in [6, 6.07) is 10.0. The number of hydrogen-bond acceptors (Lipinski definition) is 6. The Morgan fingerprint density at radius 1 is 1.23 bits per heavy atom. The molecular weight excluding hydrogens is 457 g/mol. The van der Waals surface area contributed by atoms with Gasteiger partial charge < -0.3 is 10.6 Å². The van der Waals surface area contributed by atoms with Gasteiger partial charge in [0, 0.05) is 22.3 Å². The minimum Gasteiger partial charge on any atom is -0.326 e. The van der Waals surface area contributed by atoms with E-state index in [2.05, 4.69) is 36.5 Å². The fraction of sp³-hybridized carbons (Fsp3) is 0.150. The van der Waals surface area contributed by atoms with Gasteiger partial charge in [-0.05, 0) is 47.9 Å². The number of hydrogen-bond donors (Lipinski definition) is 2. The molecule has 1 aliphatic heterocycles. The zero-order chi connectivity index (χ0) is 21.3. The van der Waals surface area contributed by atoms with Crippen LogP contribution in [0.15, 0.2) is 47.1 Å². The number of carbonyl (C=O) groups is 1. The molecule has 1 aromatic heterocycles. The van der Waals surface area contributed by atoms with E-state index in [-0.39, 0.29) is 48.3 Å². The molecule has 1 aliphatic rings. The summed E-state index contributed by atoms with van der Waals surface area (Å²) in [5, 5.41) is 17.1. The Hall–Kier alpha value is -3.40. The van der Waals surface area contributed by atoms with E-state index in [1.54, 1.807) is 30.3 Å². The van der Waals surface area contributed by atoms with Gasteiger partial charge in [0.2, 0.25) is 11.9 Å². The Balaban J connectivity index is 1.56. The van der Waals surface area contributed by atoms with Crippen molar-refractivity contribution >= 4 is 44.8 Å². The summed E-state index contributed by atoms with van der Waals surface area (Å²) in [6.07, 6.45) is 1.86. The van der Waals surface area contributed by atoms with Crippen molar-refractivity contribution in [3.63, 3.8) is 0 Å². The fourth-order valence-electron chi connectivity index (χ4n) is 3.22. The molecule has 2 N–H and O–H groups in total. The van der Waals surface area contributed by atoms with E-state index in [4.69, 9.17) is 0 Å². The van der Waals surface area contributed by atoms with Crippen LogP contribution in [0, 0.1) is 15.9 Å². The lowest BCUT2D eigenvalue weighted by molar-refractivity contribution is -0.386. The number of halogens is 2. The van der Waals surface area contributed by atoms with E-state index in [1.807, 2.05) is 0 Å². The number of fused-ring (bicyclic) bond motifs is 1. The lowest BCUT2D eigenvalue weighted by Gasteiger charge is -2.09. The first-order chi connectivity index (χ1) is 14.4. The average Bonchev–Trinajstić information content (AvgIpc) is 3.06. The van der Waals surface area contributed by atoms with Crippen LogP contribution in [0.4, 0.5) is 27.4 Å². The fourth-order valence-corrected chi connectivity index (χ4v) is 3.55. The van der Waals surface area contributed by atoms with Crippen molar-refractivity contribution in [2.45, 2.75) is 19.3 Å². The van der Waals surface area contributed by atoms with Crippen LogP contribution < -0.4 is 10.6 Å². The molecule has 0 unspecified atom stereocenters. The number of anilines is 3. The smallest absolute Gasteiger partial charge is 0.309 e. The van der Waals surface area contributed by atoms with Gasteiger partial charge in [-0.15, -0.1) is 0 Å². The second kappa shape index (κ2) is 8.15. The molecular formula is C20H15BrFN5O3. The van der Waals surface area contributed by atoms with E-state index < -0.39 is 4.92 Å². The van der Waals surface area contributed by atoms with Gasteiger partial charge in [-0.25, -0.2) is 14.4 Å². The number of amides is 1. The molecule has 30 heavy (non-hydrogen) atoms. The highest BCUT2D eigenvalue weighted by atomic mass is 79.9. The first-order valence-electron chi connectivity index (χ1n) is 9.03. The van der Waals surface area contributed by atoms with Crippen LogP contribution in [0.1, 0.15) is 16.8 Å². The molecule has 152 valence electrons. The highest BCUT2D eigenvalue weighted by molar-refractivity contribution is 9.10. The number of carbonyl (C=O) groups excluding carboxylic acids is 1. The van der Waals surface area contributed by atoms with Crippen LogP contribution in [0.5, 0.6) is 0 Å². The van der Waals surface area contributed by atoms with E-state index in [0.717, 1.165) is 17.4 Å². The number of nitrogens with zero attached hydrogens (tertiary/aromatic N) is 3. The molecule has 0 fully saturated rings. The third kappa shape index (κ3) is 4.28. The van der Waals surface area contributed by atoms with E-state index in [0.29, 0.717) is 15.7 Å². The summed E-state index contributed by atoms with van der Waals surface area (Å²) in [4.78, 5) is 30.6. The molecule has 0 saturated carbocycles. The van der Waals surface area contributed by atoms with Gasteiger partial charge in [-0.1, -0.05) is 22.0 Å². The van der Waals surface area contributed by atoms with Gasteiger partial charge in [0.15, 0.2) is 0 Å². The molecule has 0 bridgehead atoms. The maximum atomic E-state index is 14.1. The predicted molar refractivity (Wildman–Crippen MR) is 112 cm³/mol. The first-order valence-corrected chi connectivity index (χ1v) is 9.82. The molecule has 2 heterocycles. The van der Waals surface area contributed by atoms with Gasteiger partial charge in [-0.2, -0.15) is 0 Å². The number of nitrogens with one attached hydrogen (secondary N) is 2.